The van der Waals surface area contributed by atoms with E-state index in [0.717, 1.165) is 32.8 Å². The third-order valence-electron chi connectivity index (χ3n) is 3.96. The first kappa shape index (κ1) is 12.7. The Labute approximate surface area is 114 Å². The molecule has 2 heterocycles. The van der Waals surface area contributed by atoms with Gasteiger partial charge in [-0.2, -0.15) is 0 Å². The van der Waals surface area contributed by atoms with Crippen LogP contribution in [-0.4, -0.2) is 42.3 Å². The number of aromatic nitrogens is 1. The van der Waals surface area contributed by atoms with Crippen LogP contribution in [0.25, 0.3) is 10.9 Å². The zero-order valence-electron chi connectivity index (χ0n) is 11.6. The number of para-hydroxylation sites is 1. The molecule has 1 aromatic heterocycles. The van der Waals surface area contributed by atoms with E-state index in [4.69, 9.17) is 4.74 Å². The summed E-state index contributed by atoms with van der Waals surface area (Å²) in [5.41, 5.74) is 2.74. The molecule has 2 aromatic rings. The van der Waals surface area contributed by atoms with Crippen LogP contribution in [0, 0.1) is 6.92 Å². The number of ether oxygens (including phenoxy) is 1. The first-order valence-corrected chi connectivity index (χ1v) is 7.19. The summed E-state index contributed by atoms with van der Waals surface area (Å²) in [6, 6.07) is 8.67. The summed E-state index contributed by atoms with van der Waals surface area (Å²) in [5, 5.41) is 1.38. The normalized spacial score (nSPS) is 17.1. The smallest absolute Gasteiger partial charge is 0.0594 e. The fourth-order valence-electron chi connectivity index (χ4n) is 2.90. The van der Waals surface area contributed by atoms with E-state index in [1.165, 1.54) is 29.4 Å². The van der Waals surface area contributed by atoms with Crippen molar-refractivity contribution in [2.75, 3.05) is 32.8 Å². The van der Waals surface area contributed by atoms with E-state index in [0.29, 0.717) is 0 Å². The van der Waals surface area contributed by atoms with Crippen LogP contribution in [0.4, 0.5) is 0 Å². The quantitative estimate of drug-likeness (QED) is 0.839. The Morgan fingerprint density at radius 2 is 1.89 bits per heavy atom. The fourth-order valence-corrected chi connectivity index (χ4v) is 2.90. The molecule has 0 aliphatic carbocycles. The summed E-state index contributed by atoms with van der Waals surface area (Å²) in [5.74, 6) is 0. The van der Waals surface area contributed by atoms with Gasteiger partial charge in [-0.25, -0.2) is 0 Å². The molecule has 1 aliphatic heterocycles. The maximum Gasteiger partial charge on any atom is 0.0594 e. The lowest BCUT2D eigenvalue weighted by Crippen LogP contribution is -2.37. The summed E-state index contributed by atoms with van der Waals surface area (Å²) in [6.07, 6.45) is 3.49. The molecule has 19 heavy (non-hydrogen) atoms. The van der Waals surface area contributed by atoms with Gasteiger partial charge in [0.05, 0.1) is 13.2 Å². The average molecular weight is 258 g/mol. The minimum Gasteiger partial charge on any atom is -0.379 e. The molecule has 0 atom stereocenters. The molecule has 1 aromatic carbocycles. The number of hydrogen-bond acceptors (Lipinski definition) is 2. The van der Waals surface area contributed by atoms with Gasteiger partial charge in [-0.1, -0.05) is 18.2 Å². The second kappa shape index (κ2) is 5.76. The molecule has 0 spiro atoms. The lowest BCUT2D eigenvalue weighted by molar-refractivity contribution is 0.0369. The van der Waals surface area contributed by atoms with Crippen LogP contribution in [-0.2, 0) is 11.3 Å². The van der Waals surface area contributed by atoms with Crippen molar-refractivity contribution in [2.45, 2.75) is 19.9 Å². The fraction of sp³-hybridized carbons (Fsp3) is 0.500. The zero-order valence-corrected chi connectivity index (χ0v) is 11.6. The van der Waals surface area contributed by atoms with E-state index in [-0.39, 0.29) is 0 Å². The minimum atomic E-state index is 0.894. The lowest BCUT2D eigenvalue weighted by atomic mass is 10.2. The molecule has 0 N–H and O–H groups in total. The number of aryl methyl sites for hydroxylation is 2. The summed E-state index contributed by atoms with van der Waals surface area (Å²) in [6.45, 7) is 8.44. The third kappa shape index (κ3) is 2.82. The van der Waals surface area contributed by atoms with E-state index >= 15 is 0 Å². The van der Waals surface area contributed by atoms with Crippen molar-refractivity contribution in [2.24, 2.45) is 0 Å². The van der Waals surface area contributed by atoms with Gasteiger partial charge in [0.15, 0.2) is 0 Å². The van der Waals surface area contributed by atoms with Crippen LogP contribution in [0.1, 0.15) is 12.0 Å². The van der Waals surface area contributed by atoms with Crippen LogP contribution in [0.15, 0.2) is 30.5 Å². The van der Waals surface area contributed by atoms with Crippen molar-refractivity contribution >= 4 is 10.9 Å². The monoisotopic (exact) mass is 258 g/mol. The van der Waals surface area contributed by atoms with Crippen LogP contribution in [0.2, 0.25) is 0 Å². The summed E-state index contributed by atoms with van der Waals surface area (Å²) in [4.78, 5) is 2.50. The number of rotatable bonds is 4. The molecular formula is C16H22N2O. The Balaban J connectivity index is 1.62. The van der Waals surface area contributed by atoms with Gasteiger partial charge in [-0.05, 0) is 25.0 Å². The van der Waals surface area contributed by atoms with E-state index in [9.17, 15) is 0 Å². The van der Waals surface area contributed by atoms with Crippen molar-refractivity contribution in [3.05, 3.63) is 36.0 Å². The molecule has 1 fully saturated rings. The van der Waals surface area contributed by atoms with Gasteiger partial charge in [0, 0.05) is 43.3 Å². The van der Waals surface area contributed by atoms with Crippen LogP contribution < -0.4 is 0 Å². The molecular weight excluding hydrogens is 236 g/mol. The van der Waals surface area contributed by atoms with E-state index in [2.05, 4.69) is 46.9 Å². The molecule has 102 valence electrons. The van der Waals surface area contributed by atoms with Gasteiger partial charge < -0.3 is 9.30 Å². The number of fused-ring (bicyclic) bond motifs is 1. The largest absolute Gasteiger partial charge is 0.379 e. The Morgan fingerprint density at radius 1 is 1.11 bits per heavy atom. The summed E-state index contributed by atoms with van der Waals surface area (Å²) in [7, 11) is 0. The summed E-state index contributed by atoms with van der Waals surface area (Å²) >= 11 is 0. The standard InChI is InChI=1S/C16H22N2O/c1-14-13-18(16-6-3-2-5-15(14)16)8-4-7-17-9-11-19-12-10-17/h2-3,5-6,13H,4,7-12H2,1H3. The van der Waals surface area contributed by atoms with Crippen LogP contribution >= 0.6 is 0 Å². The second-order valence-electron chi connectivity index (χ2n) is 5.33. The molecule has 0 amide bonds. The maximum atomic E-state index is 5.38. The van der Waals surface area contributed by atoms with Crippen molar-refractivity contribution in [3.8, 4) is 0 Å². The second-order valence-corrected chi connectivity index (χ2v) is 5.33. The van der Waals surface area contributed by atoms with Gasteiger partial charge >= 0.3 is 0 Å². The van der Waals surface area contributed by atoms with Gasteiger partial charge in [0.25, 0.3) is 0 Å². The van der Waals surface area contributed by atoms with E-state index in [1.807, 2.05) is 0 Å². The topological polar surface area (TPSA) is 17.4 Å². The third-order valence-corrected chi connectivity index (χ3v) is 3.96. The Kier molecular flexibility index (Phi) is 3.85. The lowest BCUT2D eigenvalue weighted by Gasteiger charge is -2.26. The first-order chi connectivity index (χ1) is 9.34. The van der Waals surface area contributed by atoms with Crippen LogP contribution in [0.5, 0.6) is 0 Å². The highest BCUT2D eigenvalue weighted by molar-refractivity contribution is 5.83. The maximum absolute atomic E-state index is 5.38. The molecule has 3 heteroatoms. The number of morpholine rings is 1. The predicted octanol–water partition coefficient (Wildman–Crippen LogP) is 2.67. The minimum absolute atomic E-state index is 0.894. The predicted molar refractivity (Wildman–Crippen MR) is 78.6 cm³/mol. The van der Waals surface area contributed by atoms with Crippen molar-refractivity contribution in [1.29, 1.82) is 0 Å². The highest BCUT2D eigenvalue weighted by Crippen LogP contribution is 2.20. The first-order valence-electron chi connectivity index (χ1n) is 7.19. The van der Waals surface area contributed by atoms with Crippen LogP contribution in [0.3, 0.4) is 0 Å². The molecule has 1 saturated heterocycles. The molecule has 0 bridgehead atoms. The Hall–Kier alpha value is -1.32. The molecule has 0 radical (unpaired) electrons. The number of hydrogen-bond donors (Lipinski definition) is 0. The SMILES string of the molecule is Cc1cn(CCCN2CCOCC2)c2ccccc12. The van der Waals surface area contributed by atoms with Crippen molar-refractivity contribution < 1.29 is 4.74 Å². The zero-order chi connectivity index (χ0) is 13.1. The molecule has 0 unspecified atom stereocenters. The highest BCUT2D eigenvalue weighted by atomic mass is 16.5. The van der Waals surface area contributed by atoms with Crippen molar-refractivity contribution in [3.63, 3.8) is 0 Å². The number of nitrogens with zero attached hydrogens (tertiary/aromatic N) is 2. The summed E-state index contributed by atoms with van der Waals surface area (Å²) < 4.78 is 7.77. The highest BCUT2D eigenvalue weighted by Gasteiger charge is 2.10. The molecule has 3 nitrogen and oxygen atoms in total. The van der Waals surface area contributed by atoms with E-state index < -0.39 is 0 Å². The van der Waals surface area contributed by atoms with E-state index in [1.54, 1.807) is 0 Å². The van der Waals surface area contributed by atoms with Gasteiger partial charge in [0.1, 0.15) is 0 Å². The average Bonchev–Trinajstić information content (AvgIpc) is 2.78. The van der Waals surface area contributed by atoms with Gasteiger partial charge in [-0.15, -0.1) is 0 Å². The number of benzene rings is 1. The van der Waals surface area contributed by atoms with Crippen molar-refractivity contribution in [1.82, 2.24) is 9.47 Å². The molecule has 1 aliphatic rings. The van der Waals surface area contributed by atoms with Gasteiger partial charge in [0.2, 0.25) is 0 Å². The molecule has 3 rings (SSSR count). The Bertz CT molecular complexity index is 541. The van der Waals surface area contributed by atoms with Gasteiger partial charge in [-0.3, -0.25) is 4.90 Å². The Morgan fingerprint density at radius 3 is 2.74 bits per heavy atom. The molecule has 0 saturated carbocycles.